The average molecular weight is 322 g/mol. The Morgan fingerprint density at radius 1 is 1.41 bits per heavy atom. The van der Waals surface area contributed by atoms with Crippen LogP contribution < -0.4 is 11.3 Å². The molecule has 0 aliphatic carbocycles. The number of carbonyl (C=O) groups is 1. The Kier molecular flexibility index (Phi) is 6.94. The maximum atomic E-state index is 10.8. The zero-order valence-corrected chi connectivity index (χ0v) is 12.8. The topological polar surface area (TPSA) is 55.1 Å². The molecule has 0 saturated heterocycles. The highest BCUT2D eigenvalue weighted by Crippen LogP contribution is 2.20. The van der Waals surface area contributed by atoms with Gasteiger partial charge in [-0.2, -0.15) is 0 Å². The summed E-state index contributed by atoms with van der Waals surface area (Å²) in [7, 11) is 0. The molecule has 0 aliphatic heterocycles. The molecule has 96 valence electrons. The highest BCUT2D eigenvalue weighted by atomic mass is 79.9. The Labute approximate surface area is 116 Å². The maximum absolute atomic E-state index is 10.8. The van der Waals surface area contributed by atoms with Crippen LogP contribution in [0.2, 0.25) is 0 Å². The van der Waals surface area contributed by atoms with Crippen LogP contribution in [-0.2, 0) is 0 Å². The minimum absolute atomic E-state index is 0.0694. The van der Waals surface area contributed by atoms with Gasteiger partial charge in [0.15, 0.2) is 0 Å². The second-order valence-electron chi connectivity index (χ2n) is 4.58. The van der Waals surface area contributed by atoms with E-state index in [9.17, 15) is 4.79 Å². The van der Waals surface area contributed by atoms with Gasteiger partial charge >= 0.3 is 0 Å². The molecule has 0 fully saturated rings. The molecule has 0 amide bonds. The van der Waals surface area contributed by atoms with Gasteiger partial charge in [-0.3, -0.25) is 16.1 Å². The van der Waals surface area contributed by atoms with E-state index in [2.05, 4.69) is 21.4 Å². The third kappa shape index (κ3) is 6.78. The van der Waals surface area contributed by atoms with E-state index in [1.54, 1.807) is 12.1 Å². The van der Waals surface area contributed by atoms with Crippen LogP contribution in [-0.4, -0.2) is 10.8 Å². The van der Waals surface area contributed by atoms with Crippen LogP contribution in [0.15, 0.2) is 22.7 Å². The summed E-state index contributed by atoms with van der Waals surface area (Å²) in [5, 5.41) is -0.413. The molecule has 1 aromatic carbocycles. The van der Waals surface area contributed by atoms with Crippen molar-refractivity contribution in [1.82, 2.24) is 5.43 Å². The van der Waals surface area contributed by atoms with Gasteiger partial charge in [-0.05, 0) is 57.0 Å². The zero-order valence-electron chi connectivity index (χ0n) is 10.5. The lowest BCUT2D eigenvalue weighted by Gasteiger charge is -2.14. The molecular formula is C12H18BrClN2O. The molecule has 5 heteroatoms. The summed E-state index contributed by atoms with van der Waals surface area (Å²) in [6.07, 6.45) is 0. The van der Waals surface area contributed by atoms with Crippen molar-refractivity contribution in [2.75, 3.05) is 0 Å². The molecule has 1 rings (SSSR count). The third-order valence-corrected chi connectivity index (χ3v) is 2.98. The summed E-state index contributed by atoms with van der Waals surface area (Å²) in [4.78, 5) is 10.8. The number of benzene rings is 1. The standard InChI is InChI=1S/C8H6BrClO.C4H12N2/c1-5-6(8(10)11)3-2-4-7(5)9;1-4(2,3)6-5/h2-4H,1H3;6H,5H2,1-3H3. The molecule has 3 N–H and O–H groups in total. The molecule has 0 saturated carbocycles. The first kappa shape index (κ1) is 16.6. The maximum Gasteiger partial charge on any atom is 0.252 e. The van der Waals surface area contributed by atoms with E-state index >= 15 is 0 Å². The normalized spacial score (nSPS) is 10.5. The fourth-order valence-electron chi connectivity index (χ4n) is 0.820. The Hall–Kier alpha value is -0.420. The molecule has 0 heterocycles. The van der Waals surface area contributed by atoms with Crippen molar-refractivity contribution >= 4 is 32.8 Å². The van der Waals surface area contributed by atoms with Crippen LogP contribution in [0, 0.1) is 6.92 Å². The molecule has 0 unspecified atom stereocenters. The van der Waals surface area contributed by atoms with E-state index in [4.69, 9.17) is 17.4 Å². The lowest BCUT2D eigenvalue weighted by atomic mass is 10.1. The molecule has 17 heavy (non-hydrogen) atoms. The molecular weight excluding hydrogens is 304 g/mol. The number of nitrogens with two attached hydrogens (primary N) is 1. The first-order valence-electron chi connectivity index (χ1n) is 5.11. The van der Waals surface area contributed by atoms with Crippen molar-refractivity contribution in [1.29, 1.82) is 0 Å². The smallest absolute Gasteiger partial charge is 0.252 e. The van der Waals surface area contributed by atoms with Crippen LogP contribution in [0.5, 0.6) is 0 Å². The highest BCUT2D eigenvalue weighted by molar-refractivity contribution is 9.10. The Balaban J connectivity index is 0.000000366. The zero-order chi connectivity index (χ0) is 13.6. The van der Waals surface area contributed by atoms with Gasteiger partial charge in [-0.25, -0.2) is 0 Å². The van der Waals surface area contributed by atoms with Crippen LogP contribution in [0.4, 0.5) is 0 Å². The summed E-state index contributed by atoms with van der Waals surface area (Å²) in [6.45, 7) is 7.87. The Morgan fingerprint density at radius 3 is 2.18 bits per heavy atom. The van der Waals surface area contributed by atoms with Crippen molar-refractivity contribution in [2.24, 2.45) is 5.84 Å². The molecule has 0 atom stereocenters. The molecule has 0 aromatic heterocycles. The van der Waals surface area contributed by atoms with Gasteiger partial charge in [0.1, 0.15) is 0 Å². The average Bonchev–Trinajstić information content (AvgIpc) is 2.21. The Morgan fingerprint density at radius 2 is 1.88 bits per heavy atom. The lowest BCUT2D eigenvalue weighted by Crippen LogP contribution is -2.41. The first-order valence-corrected chi connectivity index (χ1v) is 6.29. The van der Waals surface area contributed by atoms with Crippen molar-refractivity contribution in [3.63, 3.8) is 0 Å². The molecule has 0 bridgehead atoms. The number of hydrazine groups is 1. The number of nitrogens with one attached hydrogen (secondary N) is 1. The number of carbonyl (C=O) groups excluding carboxylic acids is 1. The van der Waals surface area contributed by atoms with Gasteiger partial charge in [0.05, 0.1) is 0 Å². The van der Waals surface area contributed by atoms with E-state index in [1.165, 1.54) is 0 Å². The van der Waals surface area contributed by atoms with E-state index in [-0.39, 0.29) is 5.54 Å². The van der Waals surface area contributed by atoms with E-state index in [0.29, 0.717) is 5.56 Å². The third-order valence-electron chi connectivity index (χ3n) is 1.91. The minimum Gasteiger partial charge on any atom is -0.276 e. The van der Waals surface area contributed by atoms with E-state index in [0.717, 1.165) is 10.0 Å². The van der Waals surface area contributed by atoms with Gasteiger partial charge in [0.2, 0.25) is 0 Å². The lowest BCUT2D eigenvalue weighted by molar-refractivity contribution is 0.108. The number of rotatable bonds is 1. The Bertz CT molecular complexity index is 389. The number of halogens is 2. The molecule has 0 radical (unpaired) electrons. The predicted molar refractivity (Wildman–Crippen MR) is 76.1 cm³/mol. The quantitative estimate of drug-likeness (QED) is 0.473. The number of hydrogen-bond donors (Lipinski definition) is 2. The number of hydrogen-bond acceptors (Lipinski definition) is 3. The summed E-state index contributed by atoms with van der Waals surface area (Å²) < 4.78 is 0.906. The summed E-state index contributed by atoms with van der Waals surface area (Å²) in [6, 6.07) is 5.36. The van der Waals surface area contributed by atoms with Crippen LogP contribution >= 0.6 is 27.5 Å². The van der Waals surface area contributed by atoms with Crippen molar-refractivity contribution in [3.8, 4) is 0 Å². The minimum atomic E-state index is -0.413. The molecule has 1 aromatic rings. The van der Waals surface area contributed by atoms with Gasteiger partial charge < -0.3 is 0 Å². The molecule has 0 spiro atoms. The first-order chi connectivity index (χ1) is 7.69. The summed E-state index contributed by atoms with van der Waals surface area (Å²) >= 11 is 8.62. The molecule has 3 nitrogen and oxygen atoms in total. The van der Waals surface area contributed by atoms with Gasteiger partial charge in [0.25, 0.3) is 5.24 Å². The second-order valence-corrected chi connectivity index (χ2v) is 5.78. The second kappa shape index (κ2) is 7.11. The van der Waals surface area contributed by atoms with Crippen molar-refractivity contribution in [3.05, 3.63) is 33.8 Å². The predicted octanol–water partition coefficient (Wildman–Crippen LogP) is 3.38. The summed E-state index contributed by atoms with van der Waals surface area (Å²) in [5.74, 6) is 5.06. The monoisotopic (exact) mass is 320 g/mol. The molecule has 0 aliphatic rings. The fraction of sp³-hybridized carbons (Fsp3) is 0.417. The van der Waals surface area contributed by atoms with Crippen LogP contribution in [0.3, 0.4) is 0 Å². The van der Waals surface area contributed by atoms with Gasteiger partial charge in [0, 0.05) is 15.6 Å². The SMILES string of the molecule is CC(C)(C)NN.Cc1c(Br)cccc1C(=O)Cl. The van der Waals surface area contributed by atoms with Crippen molar-refractivity contribution < 1.29 is 4.79 Å². The van der Waals surface area contributed by atoms with Gasteiger partial charge in [-0.1, -0.05) is 22.0 Å². The summed E-state index contributed by atoms with van der Waals surface area (Å²) in [5.41, 5.74) is 4.11. The fourth-order valence-corrected chi connectivity index (χ4v) is 1.39. The van der Waals surface area contributed by atoms with Gasteiger partial charge in [-0.15, -0.1) is 0 Å². The van der Waals surface area contributed by atoms with Crippen molar-refractivity contribution in [2.45, 2.75) is 33.2 Å². The largest absolute Gasteiger partial charge is 0.276 e. The van der Waals surface area contributed by atoms with Crippen LogP contribution in [0.25, 0.3) is 0 Å². The van der Waals surface area contributed by atoms with E-state index < -0.39 is 5.24 Å². The van der Waals surface area contributed by atoms with E-state index in [1.807, 2.05) is 33.8 Å². The highest BCUT2D eigenvalue weighted by Gasteiger charge is 2.06. The van der Waals surface area contributed by atoms with Crippen LogP contribution in [0.1, 0.15) is 36.7 Å².